The number of hydrogen-bond acceptors (Lipinski definition) is 4. The Labute approximate surface area is 219 Å². The monoisotopic (exact) mass is 512 g/mol. The molecule has 5 nitrogen and oxygen atoms in total. The number of nitrogens with one attached hydrogen (secondary N) is 1. The molecule has 0 saturated carbocycles. The summed E-state index contributed by atoms with van der Waals surface area (Å²) in [6.45, 7) is 4.94. The van der Waals surface area contributed by atoms with Gasteiger partial charge in [0.25, 0.3) is 0 Å². The molecule has 5 rings (SSSR count). The Morgan fingerprint density at radius 2 is 1.83 bits per heavy atom. The molecule has 0 aliphatic carbocycles. The summed E-state index contributed by atoms with van der Waals surface area (Å²) < 4.78 is 2.30. The molecule has 0 radical (unpaired) electrons. The van der Waals surface area contributed by atoms with Crippen LogP contribution in [0.4, 0.5) is 11.4 Å². The fraction of sp³-hybridized carbons (Fsp3) is 0.138. The fourth-order valence-electron chi connectivity index (χ4n) is 4.26. The molecule has 180 valence electrons. The Morgan fingerprint density at radius 1 is 1.06 bits per heavy atom. The van der Waals surface area contributed by atoms with Crippen LogP contribution in [0.1, 0.15) is 19.4 Å². The molecule has 1 N–H and O–H groups in total. The maximum atomic E-state index is 13.1. The lowest BCUT2D eigenvalue weighted by Crippen LogP contribution is -2.22. The van der Waals surface area contributed by atoms with Crippen molar-refractivity contribution in [2.75, 3.05) is 5.32 Å². The molecule has 0 bridgehead atoms. The Hall–Kier alpha value is -3.61. The molecule has 36 heavy (non-hydrogen) atoms. The summed E-state index contributed by atoms with van der Waals surface area (Å²) in [5.74, 6) is -0.0623. The molecule has 0 spiro atoms. The first-order chi connectivity index (χ1) is 17.5. The number of hydrogen-bond donors (Lipinski definition) is 1. The number of fused-ring (bicyclic) bond motifs is 3. The van der Waals surface area contributed by atoms with Crippen LogP contribution in [0, 0.1) is 0 Å². The summed E-state index contributed by atoms with van der Waals surface area (Å²) in [6, 6.07) is 25.9. The van der Waals surface area contributed by atoms with E-state index in [-0.39, 0.29) is 11.2 Å². The van der Waals surface area contributed by atoms with Crippen molar-refractivity contribution in [2.45, 2.75) is 30.5 Å². The van der Waals surface area contributed by atoms with Crippen molar-refractivity contribution in [2.24, 2.45) is 4.99 Å². The second-order valence-corrected chi connectivity index (χ2v) is 10.1. The minimum absolute atomic E-state index is 0.0623. The third-order valence-electron chi connectivity index (χ3n) is 6.03. The maximum Gasteiger partial charge on any atom is 0.237 e. The van der Waals surface area contributed by atoms with Crippen LogP contribution in [-0.2, 0) is 11.3 Å². The zero-order valence-electron chi connectivity index (χ0n) is 20.0. The summed E-state index contributed by atoms with van der Waals surface area (Å²) in [4.78, 5) is 22.7. The maximum absolute atomic E-state index is 13.1. The van der Waals surface area contributed by atoms with Gasteiger partial charge in [0.15, 0.2) is 0 Å². The van der Waals surface area contributed by atoms with Crippen LogP contribution in [0.15, 0.2) is 94.9 Å². The SMILES string of the molecule is CCn1c2ccccc2c2cc(NC(=O)[C@H](C)Sc3ccccc3N=Cc3cccnc3Cl)ccc21. The molecule has 2 heterocycles. The highest BCUT2D eigenvalue weighted by molar-refractivity contribution is 8.00. The summed E-state index contributed by atoms with van der Waals surface area (Å²) in [6.07, 6.45) is 3.34. The molecule has 3 aromatic carbocycles. The lowest BCUT2D eigenvalue weighted by molar-refractivity contribution is -0.115. The van der Waals surface area contributed by atoms with Gasteiger partial charge in [0.05, 0.1) is 10.9 Å². The third-order valence-corrected chi connectivity index (χ3v) is 7.51. The van der Waals surface area contributed by atoms with Crippen LogP contribution in [0.2, 0.25) is 5.15 Å². The number of halogens is 1. The molecular weight excluding hydrogens is 488 g/mol. The van der Waals surface area contributed by atoms with Gasteiger partial charge in [-0.15, -0.1) is 11.8 Å². The number of aryl methyl sites for hydroxylation is 1. The third kappa shape index (κ3) is 4.87. The van der Waals surface area contributed by atoms with E-state index in [4.69, 9.17) is 11.6 Å². The van der Waals surface area contributed by atoms with E-state index in [1.807, 2.05) is 55.5 Å². The van der Waals surface area contributed by atoms with E-state index < -0.39 is 0 Å². The number of carbonyl (C=O) groups excluding carboxylic acids is 1. The molecule has 0 unspecified atom stereocenters. The van der Waals surface area contributed by atoms with E-state index >= 15 is 0 Å². The molecule has 7 heteroatoms. The molecule has 0 aliphatic rings. The predicted molar refractivity (Wildman–Crippen MR) is 152 cm³/mol. The highest BCUT2D eigenvalue weighted by atomic mass is 35.5. The number of pyridine rings is 1. The number of anilines is 1. The van der Waals surface area contributed by atoms with Crippen LogP contribution in [0.3, 0.4) is 0 Å². The van der Waals surface area contributed by atoms with Crippen molar-refractivity contribution in [1.82, 2.24) is 9.55 Å². The topological polar surface area (TPSA) is 59.3 Å². The number of rotatable bonds is 7. The first-order valence-corrected chi connectivity index (χ1v) is 13.0. The van der Waals surface area contributed by atoms with Crippen molar-refractivity contribution in [3.05, 3.63) is 95.8 Å². The lowest BCUT2D eigenvalue weighted by atomic mass is 10.1. The zero-order chi connectivity index (χ0) is 25.1. The van der Waals surface area contributed by atoms with Crippen molar-refractivity contribution < 1.29 is 4.79 Å². The van der Waals surface area contributed by atoms with Crippen molar-refractivity contribution >= 4 is 68.7 Å². The van der Waals surface area contributed by atoms with Crippen molar-refractivity contribution in [1.29, 1.82) is 0 Å². The first kappa shape index (κ1) is 24.1. The zero-order valence-corrected chi connectivity index (χ0v) is 21.6. The quantitative estimate of drug-likeness (QED) is 0.138. The Kier molecular flexibility index (Phi) is 7.07. The summed E-state index contributed by atoms with van der Waals surface area (Å²) >= 11 is 7.62. The van der Waals surface area contributed by atoms with E-state index in [1.165, 1.54) is 28.2 Å². The Balaban J connectivity index is 1.34. The molecule has 0 fully saturated rings. The summed E-state index contributed by atoms with van der Waals surface area (Å²) in [5.41, 5.74) is 4.67. The van der Waals surface area contributed by atoms with Gasteiger partial charge in [-0.25, -0.2) is 4.98 Å². The number of benzene rings is 3. The summed E-state index contributed by atoms with van der Waals surface area (Å²) in [7, 11) is 0. The van der Waals surface area contributed by atoms with Gasteiger partial charge in [-0.2, -0.15) is 0 Å². The van der Waals surface area contributed by atoms with Gasteiger partial charge in [-0.3, -0.25) is 9.79 Å². The van der Waals surface area contributed by atoms with Crippen LogP contribution >= 0.6 is 23.4 Å². The average Bonchev–Trinajstić information content (AvgIpc) is 3.22. The molecule has 5 aromatic rings. The van der Waals surface area contributed by atoms with Gasteiger partial charge in [0.2, 0.25) is 5.91 Å². The van der Waals surface area contributed by atoms with Crippen LogP contribution < -0.4 is 5.32 Å². The standard InChI is InChI=1S/C29H25ClN4OS/c1-3-34-25-12-6-4-10-22(25)23-17-21(14-15-26(23)34)33-29(35)19(2)36-27-13-7-5-11-24(27)32-18-20-9-8-16-31-28(20)30/h4-19H,3H2,1-2H3,(H,33,35)/t19-/m0/s1. The van der Waals surface area contributed by atoms with Gasteiger partial charge in [0.1, 0.15) is 5.15 Å². The number of nitrogens with zero attached hydrogens (tertiary/aromatic N) is 3. The largest absolute Gasteiger partial charge is 0.341 e. The predicted octanol–water partition coefficient (Wildman–Crippen LogP) is 7.73. The van der Waals surface area contributed by atoms with Crippen molar-refractivity contribution in [3.8, 4) is 0 Å². The van der Waals surface area contributed by atoms with Crippen LogP contribution in [-0.4, -0.2) is 26.9 Å². The van der Waals surface area contributed by atoms with E-state index in [1.54, 1.807) is 12.4 Å². The lowest BCUT2D eigenvalue weighted by Gasteiger charge is -2.13. The molecule has 0 aliphatic heterocycles. The molecule has 0 saturated heterocycles. The van der Waals surface area contributed by atoms with E-state index in [0.717, 1.165) is 33.8 Å². The number of para-hydroxylation sites is 2. The normalized spacial score (nSPS) is 12.4. The Bertz CT molecular complexity index is 1590. The minimum atomic E-state index is -0.323. The van der Waals surface area contributed by atoms with Gasteiger partial charge in [-0.1, -0.05) is 41.9 Å². The number of aliphatic imine (C=N–C) groups is 1. The number of carbonyl (C=O) groups is 1. The first-order valence-electron chi connectivity index (χ1n) is 11.8. The second kappa shape index (κ2) is 10.6. The smallest absolute Gasteiger partial charge is 0.237 e. The molecule has 2 aromatic heterocycles. The van der Waals surface area contributed by atoms with Gasteiger partial charge >= 0.3 is 0 Å². The molecule has 1 amide bonds. The van der Waals surface area contributed by atoms with Crippen molar-refractivity contribution in [3.63, 3.8) is 0 Å². The van der Waals surface area contributed by atoms with E-state index in [0.29, 0.717) is 5.15 Å². The summed E-state index contributed by atoms with van der Waals surface area (Å²) in [5, 5.41) is 5.50. The van der Waals surface area contributed by atoms with E-state index in [2.05, 4.69) is 57.1 Å². The van der Waals surface area contributed by atoms with Gasteiger partial charge in [-0.05, 0) is 62.4 Å². The number of thioether (sulfide) groups is 1. The number of amides is 1. The number of aromatic nitrogens is 2. The minimum Gasteiger partial charge on any atom is -0.341 e. The second-order valence-electron chi connectivity index (χ2n) is 8.35. The van der Waals surface area contributed by atoms with Crippen LogP contribution in [0.5, 0.6) is 0 Å². The van der Waals surface area contributed by atoms with Gasteiger partial charge in [0, 0.05) is 56.9 Å². The van der Waals surface area contributed by atoms with Crippen LogP contribution in [0.25, 0.3) is 21.8 Å². The van der Waals surface area contributed by atoms with E-state index in [9.17, 15) is 4.79 Å². The highest BCUT2D eigenvalue weighted by Gasteiger charge is 2.17. The fourth-order valence-corrected chi connectivity index (χ4v) is 5.37. The molecule has 1 atom stereocenters. The highest BCUT2D eigenvalue weighted by Crippen LogP contribution is 2.34. The van der Waals surface area contributed by atoms with Gasteiger partial charge < -0.3 is 9.88 Å². The average molecular weight is 513 g/mol. The molecular formula is C29H25ClN4OS. The Morgan fingerprint density at radius 3 is 2.67 bits per heavy atom.